The van der Waals surface area contributed by atoms with Gasteiger partial charge in [-0.2, -0.15) is 8.78 Å². The Morgan fingerprint density at radius 3 is 2.60 bits per heavy atom. The van der Waals surface area contributed by atoms with Crippen LogP contribution in [0, 0.1) is 11.3 Å². The van der Waals surface area contributed by atoms with Gasteiger partial charge in [0.05, 0.1) is 11.0 Å². The number of carbonyl (C=O) groups excluding carboxylic acids is 1. The molecular weight excluding hydrogens is 334 g/mol. The topological polar surface area (TPSA) is 83.8 Å². The third kappa shape index (κ3) is 4.19. The van der Waals surface area contributed by atoms with E-state index in [2.05, 4.69) is 0 Å². The molecule has 2 aliphatic carbocycles. The van der Waals surface area contributed by atoms with E-state index in [9.17, 15) is 23.5 Å². The lowest BCUT2D eigenvalue weighted by Crippen LogP contribution is -2.50. The number of carboxylic acid groups (broad SMARTS) is 1. The van der Waals surface area contributed by atoms with Crippen LogP contribution in [0.3, 0.4) is 0 Å². The van der Waals surface area contributed by atoms with Crippen molar-refractivity contribution >= 4 is 11.9 Å². The molecule has 2 N–H and O–H groups in total. The Morgan fingerprint density at radius 1 is 1.40 bits per heavy atom. The maximum absolute atomic E-state index is 14.0. The fraction of sp³-hybridized carbons (Fsp3) is 0.778. The normalized spacial score (nSPS) is 30.6. The van der Waals surface area contributed by atoms with Gasteiger partial charge < -0.3 is 14.9 Å². The Labute approximate surface area is 146 Å². The molecule has 0 aromatic heterocycles. The summed E-state index contributed by atoms with van der Waals surface area (Å²) in [6.45, 7) is 4.89. The first-order valence-corrected chi connectivity index (χ1v) is 8.63. The lowest BCUT2D eigenvalue weighted by Gasteiger charge is -2.45. The van der Waals surface area contributed by atoms with Crippen molar-refractivity contribution in [3.63, 3.8) is 0 Å². The number of carboxylic acids is 1. The third-order valence-electron chi connectivity index (χ3n) is 4.99. The summed E-state index contributed by atoms with van der Waals surface area (Å²) < 4.78 is 33.2. The van der Waals surface area contributed by atoms with Crippen molar-refractivity contribution < 1.29 is 33.3 Å². The molecular formula is C18H26F2O5. The Balaban J connectivity index is 2.26. The number of allylic oxidation sites excluding steroid dienone is 1. The molecule has 3 atom stereocenters. The highest BCUT2D eigenvalue weighted by molar-refractivity contribution is 5.80. The SMILES string of the molecule is CC(C)CC(OC(=O)C12CCCC(=CC(C)(O)C1)C2)C(F)(F)C(=O)O. The third-order valence-corrected chi connectivity index (χ3v) is 4.99. The standard InChI is InChI=1S/C18H26F2O5/c1-11(2)7-13(18(19,20)14(21)22)25-15(23)17-6-4-5-12(9-17)8-16(3,24)10-17/h8,11,13,24H,4-7,9-10H2,1-3H3,(H,21,22). The minimum Gasteiger partial charge on any atom is -0.477 e. The maximum Gasteiger partial charge on any atom is 0.378 e. The number of esters is 1. The molecule has 2 aliphatic rings. The summed E-state index contributed by atoms with van der Waals surface area (Å²) in [6, 6.07) is 0. The predicted molar refractivity (Wildman–Crippen MR) is 86.1 cm³/mol. The van der Waals surface area contributed by atoms with Crippen LogP contribution in [-0.2, 0) is 14.3 Å². The van der Waals surface area contributed by atoms with Crippen LogP contribution in [-0.4, -0.2) is 39.8 Å². The molecule has 142 valence electrons. The second-order valence-corrected chi connectivity index (χ2v) is 8.10. The molecule has 0 spiro atoms. The van der Waals surface area contributed by atoms with E-state index in [0.717, 1.165) is 12.0 Å². The molecule has 0 aromatic carbocycles. The molecule has 0 aromatic rings. The number of carbonyl (C=O) groups is 2. The molecule has 5 nitrogen and oxygen atoms in total. The quantitative estimate of drug-likeness (QED) is 0.561. The van der Waals surface area contributed by atoms with Crippen molar-refractivity contribution in [1.29, 1.82) is 0 Å². The summed E-state index contributed by atoms with van der Waals surface area (Å²) in [5, 5.41) is 19.2. The van der Waals surface area contributed by atoms with Crippen LogP contribution in [0.1, 0.15) is 59.3 Å². The number of hydrogen-bond donors (Lipinski definition) is 2. The molecule has 0 radical (unpaired) electrons. The average molecular weight is 360 g/mol. The molecule has 0 saturated heterocycles. The Hall–Kier alpha value is -1.50. The van der Waals surface area contributed by atoms with Gasteiger partial charge in [0.1, 0.15) is 0 Å². The lowest BCUT2D eigenvalue weighted by atomic mass is 9.62. The summed E-state index contributed by atoms with van der Waals surface area (Å²) >= 11 is 0. The monoisotopic (exact) mass is 360 g/mol. The van der Waals surface area contributed by atoms with E-state index in [-0.39, 0.29) is 18.8 Å². The second kappa shape index (κ2) is 6.67. The summed E-state index contributed by atoms with van der Waals surface area (Å²) in [4.78, 5) is 23.7. The van der Waals surface area contributed by atoms with Gasteiger partial charge in [0, 0.05) is 0 Å². The zero-order valence-corrected chi connectivity index (χ0v) is 14.8. The highest BCUT2D eigenvalue weighted by atomic mass is 19.3. The number of hydrogen-bond acceptors (Lipinski definition) is 4. The smallest absolute Gasteiger partial charge is 0.378 e. The molecule has 7 heteroatoms. The molecule has 25 heavy (non-hydrogen) atoms. The number of fused-ring (bicyclic) bond motifs is 2. The van der Waals surface area contributed by atoms with Gasteiger partial charge in [-0.1, -0.05) is 25.5 Å². The van der Waals surface area contributed by atoms with Gasteiger partial charge in [-0.25, -0.2) is 4.79 Å². The minimum atomic E-state index is -4.15. The number of aliphatic hydroxyl groups is 1. The van der Waals surface area contributed by atoms with Crippen molar-refractivity contribution in [2.24, 2.45) is 11.3 Å². The van der Waals surface area contributed by atoms with Crippen LogP contribution in [0.15, 0.2) is 11.6 Å². The van der Waals surface area contributed by atoms with Gasteiger partial charge in [0.15, 0.2) is 6.10 Å². The molecule has 2 bridgehead atoms. The zero-order chi connectivity index (χ0) is 19.0. The minimum absolute atomic E-state index is 0.0926. The second-order valence-electron chi connectivity index (χ2n) is 8.10. The van der Waals surface area contributed by atoms with Gasteiger partial charge in [-0.3, -0.25) is 4.79 Å². The molecule has 1 saturated carbocycles. The number of alkyl halides is 2. The number of rotatable bonds is 6. The summed E-state index contributed by atoms with van der Waals surface area (Å²) in [6.07, 6.45) is 1.83. The van der Waals surface area contributed by atoms with E-state index in [1.54, 1.807) is 26.8 Å². The fourth-order valence-electron chi connectivity index (χ4n) is 4.05. The molecule has 0 heterocycles. The zero-order valence-electron chi connectivity index (χ0n) is 14.8. The van der Waals surface area contributed by atoms with Crippen molar-refractivity contribution in [3.05, 3.63) is 11.6 Å². The number of halogens is 2. The molecule has 0 amide bonds. The maximum atomic E-state index is 14.0. The van der Waals surface area contributed by atoms with Gasteiger partial charge >= 0.3 is 17.9 Å². The van der Waals surface area contributed by atoms with Crippen molar-refractivity contribution in [3.8, 4) is 0 Å². The van der Waals surface area contributed by atoms with Gasteiger partial charge in [0.2, 0.25) is 0 Å². The first-order valence-electron chi connectivity index (χ1n) is 8.63. The average Bonchev–Trinajstić information content (AvgIpc) is 2.43. The van der Waals surface area contributed by atoms with Gasteiger partial charge in [0.25, 0.3) is 0 Å². The fourth-order valence-corrected chi connectivity index (χ4v) is 4.05. The highest BCUT2D eigenvalue weighted by Crippen LogP contribution is 2.50. The van der Waals surface area contributed by atoms with E-state index in [1.807, 2.05) is 0 Å². The van der Waals surface area contributed by atoms with Crippen LogP contribution in [0.5, 0.6) is 0 Å². The van der Waals surface area contributed by atoms with Crippen LogP contribution in [0.2, 0.25) is 0 Å². The number of ether oxygens (including phenoxy) is 1. The first-order chi connectivity index (χ1) is 11.4. The van der Waals surface area contributed by atoms with E-state index in [0.29, 0.717) is 19.3 Å². The molecule has 2 rings (SSSR count). The summed E-state index contributed by atoms with van der Waals surface area (Å²) in [7, 11) is 0. The van der Waals surface area contributed by atoms with E-state index >= 15 is 0 Å². The van der Waals surface area contributed by atoms with Crippen LogP contribution in [0.4, 0.5) is 8.78 Å². The van der Waals surface area contributed by atoms with Crippen molar-refractivity contribution in [2.75, 3.05) is 0 Å². The molecule has 1 fully saturated rings. The van der Waals surface area contributed by atoms with E-state index < -0.39 is 35.0 Å². The van der Waals surface area contributed by atoms with Crippen LogP contribution >= 0.6 is 0 Å². The first kappa shape index (κ1) is 19.8. The lowest BCUT2D eigenvalue weighted by molar-refractivity contribution is -0.203. The van der Waals surface area contributed by atoms with Crippen molar-refractivity contribution in [2.45, 2.75) is 76.9 Å². The van der Waals surface area contributed by atoms with Crippen LogP contribution < -0.4 is 0 Å². The Morgan fingerprint density at radius 2 is 2.04 bits per heavy atom. The van der Waals surface area contributed by atoms with E-state index in [1.165, 1.54) is 0 Å². The van der Waals surface area contributed by atoms with Gasteiger partial charge in [-0.05, 0) is 51.4 Å². The summed E-state index contributed by atoms with van der Waals surface area (Å²) in [5.41, 5.74) is -1.34. The highest BCUT2D eigenvalue weighted by Gasteiger charge is 2.54. The summed E-state index contributed by atoms with van der Waals surface area (Å²) in [5.74, 6) is -7.55. The van der Waals surface area contributed by atoms with E-state index in [4.69, 9.17) is 9.84 Å². The molecule has 0 aliphatic heterocycles. The largest absolute Gasteiger partial charge is 0.477 e. The Kier molecular flexibility index (Phi) is 5.28. The van der Waals surface area contributed by atoms with Crippen LogP contribution in [0.25, 0.3) is 0 Å². The molecule has 3 unspecified atom stereocenters. The predicted octanol–water partition coefficient (Wildman–Crippen LogP) is 3.31. The van der Waals surface area contributed by atoms with Gasteiger partial charge in [-0.15, -0.1) is 0 Å². The number of aliphatic carboxylic acids is 1. The van der Waals surface area contributed by atoms with Crippen molar-refractivity contribution in [1.82, 2.24) is 0 Å². The Bertz CT molecular complexity index is 582.